The summed E-state index contributed by atoms with van der Waals surface area (Å²) in [5, 5.41) is 6.45. The molecule has 0 spiro atoms. The van der Waals surface area contributed by atoms with E-state index in [0.29, 0.717) is 17.5 Å². The molecule has 0 fully saturated rings. The van der Waals surface area contributed by atoms with Gasteiger partial charge in [0.05, 0.1) is 5.69 Å². The minimum Gasteiger partial charge on any atom is -0.456 e. The third-order valence-corrected chi connectivity index (χ3v) is 10.9. The van der Waals surface area contributed by atoms with Gasteiger partial charge in [0.2, 0.25) is 0 Å². The molecule has 0 atom stereocenters. The average molecular weight is 743 g/mol. The van der Waals surface area contributed by atoms with Gasteiger partial charge in [0.15, 0.2) is 17.5 Å². The van der Waals surface area contributed by atoms with Gasteiger partial charge in [-0.15, -0.1) is 0 Å². The molecular weight excluding hydrogens is 709 g/mol. The van der Waals surface area contributed by atoms with E-state index >= 15 is 0 Å². The first kappa shape index (κ1) is 33.4. The Kier molecular flexibility index (Phi) is 8.07. The van der Waals surface area contributed by atoms with Crippen LogP contribution in [0.5, 0.6) is 0 Å². The minimum atomic E-state index is 0.585. The smallest absolute Gasteiger partial charge is 0.164 e. The second kappa shape index (κ2) is 14.0. The average Bonchev–Trinajstić information content (AvgIpc) is 3.69. The summed E-state index contributed by atoms with van der Waals surface area (Å²) in [6.45, 7) is 0. The molecule has 0 aliphatic carbocycles. The topological polar surface area (TPSA) is 55.1 Å². The Morgan fingerprint density at radius 1 is 0.345 bits per heavy atom. The highest BCUT2D eigenvalue weighted by molar-refractivity contribution is 6.25. The lowest BCUT2D eigenvalue weighted by Crippen LogP contribution is -2.10. The largest absolute Gasteiger partial charge is 0.456 e. The summed E-state index contributed by atoms with van der Waals surface area (Å²) < 4.78 is 6.86. The van der Waals surface area contributed by atoms with Crippen LogP contribution in [0.3, 0.4) is 0 Å². The number of fused-ring (bicyclic) bond motifs is 6. The lowest BCUT2D eigenvalue weighted by atomic mass is 9.98. The summed E-state index contributed by atoms with van der Waals surface area (Å²) >= 11 is 0. The predicted octanol–water partition coefficient (Wildman–Crippen LogP) is 14.2. The normalized spacial score (nSPS) is 11.4. The van der Waals surface area contributed by atoms with Crippen molar-refractivity contribution in [1.29, 1.82) is 0 Å². The number of hydrogen-bond acceptors (Lipinski definition) is 5. The molecule has 11 aromatic rings. The maximum absolute atomic E-state index is 6.86. The van der Waals surface area contributed by atoms with Crippen LogP contribution >= 0.6 is 0 Å². The first-order valence-corrected chi connectivity index (χ1v) is 19.4. The number of rotatable bonds is 7. The lowest BCUT2D eigenvalue weighted by Gasteiger charge is -2.27. The Labute approximate surface area is 335 Å². The van der Waals surface area contributed by atoms with E-state index in [2.05, 4.69) is 169 Å². The Balaban J connectivity index is 1.15. The molecule has 0 radical (unpaired) electrons. The predicted molar refractivity (Wildman–Crippen MR) is 239 cm³/mol. The highest BCUT2D eigenvalue weighted by atomic mass is 16.3. The number of nitrogens with zero attached hydrogens (tertiary/aromatic N) is 4. The van der Waals surface area contributed by atoms with Crippen molar-refractivity contribution in [3.63, 3.8) is 0 Å². The van der Waals surface area contributed by atoms with E-state index in [1.807, 2.05) is 42.5 Å². The zero-order chi connectivity index (χ0) is 38.4. The standard InChI is InChI=1S/C53H34N4O/c1-4-16-35(17-5-1)39-22-14-25-42(33-39)57(41-23-8-3-9-24-41)46-34-48-49(44-27-13-12-26-43(44)46)50-45(28-15-29-47(50)58-48)53-55-51(37-19-6-2-7-20-37)54-52(56-53)40-31-30-36-18-10-11-21-38(36)32-40/h1-34H. The molecule has 0 unspecified atom stereocenters. The summed E-state index contributed by atoms with van der Waals surface area (Å²) in [6, 6.07) is 71.6. The summed E-state index contributed by atoms with van der Waals surface area (Å²) in [7, 11) is 0. The molecule has 0 saturated heterocycles. The molecule has 9 aromatic carbocycles. The summed E-state index contributed by atoms with van der Waals surface area (Å²) in [5.74, 6) is 1.81. The molecule has 5 heteroatoms. The van der Waals surface area contributed by atoms with E-state index in [1.165, 1.54) is 10.9 Å². The zero-order valence-corrected chi connectivity index (χ0v) is 31.3. The maximum atomic E-state index is 6.86. The van der Waals surface area contributed by atoms with Gasteiger partial charge < -0.3 is 9.32 Å². The van der Waals surface area contributed by atoms with Crippen LogP contribution in [0.2, 0.25) is 0 Å². The molecule has 0 bridgehead atoms. The third-order valence-electron chi connectivity index (χ3n) is 10.9. The molecule has 2 aromatic heterocycles. The second-order valence-corrected chi connectivity index (χ2v) is 14.4. The molecule has 0 amide bonds. The maximum Gasteiger partial charge on any atom is 0.164 e. The van der Waals surface area contributed by atoms with Crippen molar-refractivity contribution in [2.45, 2.75) is 0 Å². The molecule has 58 heavy (non-hydrogen) atoms. The number of para-hydroxylation sites is 1. The molecule has 11 rings (SSSR count). The number of furan rings is 1. The number of anilines is 3. The molecule has 2 heterocycles. The van der Waals surface area contributed by atoms with Crippen molar-refractivity contribution in [3.8, 4) is 45.3 Å². The molecule has 272 valence electrons. The van der Waals surface area contributed by atoms with Gasteiger partial charge in [-0.3, -0.25) is 0 Å². The van der Waals surface area contributed by atoms with Crippen molar-refractivity contribution < 1.29 is 4.42 Å². The van der Waals surface area contributed by atoms with Gasteiger partial charge >= 0.3 is 0 Å². The van der Waals surface area contributed by atoms with Gasteiger partial charge in [-0.25, -0.2) is 15.0 Å². The first-order valence-electron chi connectivity index (χ1n) is 19.4. The van der Waals surface area contributed by atoms with Crippen LogP contribution in [0.25, 0.3) is 88.8 Å². The van der Waals surface area contributed by atoms with Gasteiger partial charge in [0, 0.05) is 50.3 Å². The molecule has 0 N–H and O–H groups in total. The van der Waals surface area contributed by atoms with E-state index in [1.54, 1.807) is 0 Å². The quantitative estimate of drug-likeness (QED) is 0.163. The Bertz CT molecular complexity index is 3290. The molecule has 5 nitrogen and oxygen atoms in total. The van der Waals surface area contributed by atoms with Crippen LogP contribution in [0, 0.1) is 0 Å². The van der Waals surface area contributed by atoms with E-state index in [4.69, 9.17) is 19.4 Å². The molecule has 0 saturated carbocycles. The van der Waals surface area contributed by atoms with Crippen LogP contribution in [0.15, 0.2) is 211 Å². The first-order chi connectivity index (χ1) is 28.7. The fraction of sp³-hybridized carbons (Fsp3) is 0. The molecular formula is C53H34N4O. The van der Waals surface area contributed by atoms with Gasteiger partial charge in [-0.05, 0) is 63.7 Å². The van der Waals surface area contributed by atoms with E-state index < -0.39 is 0 Å². The molecule has 0 aliphatic rings. The fourth-order valence-corrected chi connectivity index (χ4v) is 8.16. The van der Waals surface area contributed by atoms with E-state index in [9.17, 15) is 0 Å². The number of benzene rings is 9. The van der Waals surface area contributed by atoms with Crippen LogP contribution in [-0.4, -0.2) is 15.0 Å². The van der Waals surface area contributed by atoms with Crippen molar-refractivity contribution in [3.05, 3.63) is 206 Å². The number of aromatic nitrogens is 3. The van der Waals surface area contributed by atoms with Crippen LogP contribution < -0.4 is 4.90 Å². The summed E-state index contributed by atoms with van der Waals surface area (Å²) in [4.78, 5) is 17.8. The third kappa shape index (κ3) is 5.85. The van der Waals surface area contributed by atoms with Crippen molar-refractivity contribution >= 4 is 60.5 Å². The summed E-state index contributed by atoms with van der Waals surface area (Å²) in [5.41, 5.74) is 9.71. The lowest BCUT2D eigenvalue weighted by molar-refractivity contribution is 0.669. The van der Waals surface area contributed by atoms with Gasteiger partial charge in [0.25, 0.3) is 0 Å². The summed E-state index contributed by atoms with van der Waals surface area (Å²) in [6.07, 6.45) is 0. The zero-order valence-electron chi connectivity index (χ0n) is 31.3. The Hall–Kier alpha value is -7.89. The van der Waals surface area contributed by atoms with Crippen LogP contribution in [0.1, 0.15) is 0 Å². The molecule has 0 aliphatic heterocycles. The van der Waals surface area contributed by atoms with Crippen LogP contribution in [-0.2, 0) is 0 Å². The SMILES string of the molecule is c1ccc(-c2cccc(N(c3ccccc3)c3cc4oc5cccc(-c6nc(-c7ccccc7)nc(-c7ccc8ccccc8c7)n6)c5c4c4ccccc34)c2)cc1. The van der Waals surface area contributed by atoms with Gasteiger partial charge in [0.1, 0.15) is 11.2 Å². The Morgan fingerprint density at radius 3 is 1.74 bits per heavy atom. The van der Waals surface area contributed by atoms with Crippen molar-refractivity contribution in [2.24, 2.45) is 0 Å². The highest BCUT2D eigenvalue weighted by Crippen LogP contribution is 2.46. The monoisotopic (exact) mass is 742 g/mol. The fourth-order valence-electron chi connectivity index (χ4n) is 8.16. The minimum absolute atomic E-state index is 0.585. The highest BCUT2D eigenvalue weighted by Gasteiger charge is 2.23. The van der Waals surface area contributed by atoms with Gasteiger partial charge in [-0.1, -0.05) is 164 Å². The van der Waals surface area contributed by atoms with Crippen LogP contribution in [0.4, 0.5) is 17.1 Å². The Morgan fingerprint density at radius 2 is 0.948 bits per heavy atom. The van der Waals surface area contributed by atoms with Gasteiger partial charge in [-0.2, -0.15) is 0 Å². The second-order valence-electron chi connectivity index (χ2n) is 14.4. The van der Waals surface area contributed by atoms with E-state index in [-0.39, 0.29) is 0 Å². The number of hydrogen-bond donors (Lipinski definition) is 0. The van der Waals surface area contributed by atoms with E-state index in [0.717, 1.165) is 77.4 Å². The van der Waals surface area contributed by atoms with Crippen molar-refractivity contribution in [1.82, 2.24) is 15.0 Å². The van der Waals surface area contributed by atoms with Crippen molar-refractivity contribution in [2.75, 3.05) is 4.90 Å².